The van der Waals surface area contributed by atoms with Crippen LogP contribution in [0.1, 0.15) is 13.3 Å². The Labute approximate surface area is 99.5 Å². The zero-order valence-corrected chi connectivity index (χ0v) is 9.59. The second-order valence-corrected chi connectivity index (χ2v) is 3.45. The van der Waals surface area contributed by atoms with Crippen LogP contribution in [-0.2, 0) is 14.3 Å². The van der Waals surface area contributed by atoms with Gasteiger partial charge in [-0.25, -0.2) is 0 Å². The van der Waals surface area contributed by atoms with E-state index in [2.05, 4.69) is 0 Å². The molecule has 0 saturated carbocycles. The van der Waals surface area contributed by atoms with Crippen LogP contribution in [0.2, 0.25) is 0 Å². The second-order valence-electron chi connectivity index (χ2n) is 3.45. The summed E-state index contributed by atoms with van der Waals surface area (Å²) < 4.78 is 10.1. The molecule has 0 heterocycles. The standard InChI is InChI=1S/C12H15NO4/c1-9(12(13)15)17-11(14)7-8-16-10-5-3-2-4-6-10/h2-6,9H,7-8H2,1H3,(H2,13,15)/t9-/m0/s1. The molecule has 1 amide bonds. The summed E-state index contributed by atoms with van der Waals surface area (Å²) in [6, 6.07) is 9.12. The van der Waals surface area contributed by atoms with Crippen molar-refractivity contribution < 1.29 is 19.1 Å². The lowest BCUT2D eigenvalue weighted by atomic mass is 10.3. The molecular weight excluding hydrogens is 222 g/mol. The molecule has 0 bridgehead atoms. The van der Waals surface area contributed by atoms with Crippen molar-refractivity contribution in [3.05, 3.63) is 30.3 Å². The van der Waals surface area contributed by atoms with E-state index < -0.39 is 18.0 Å². The molecule has 0 unspecified atom stereocenters. The summed E-state index contributed by atoms with van der Waals surface area (Å²) >= 11 is 0. The van der Waals surface area contributed by atoms with Gasteiger partial charge in [-0.05, 0) is 19.1 Å². The summed E-state index contributed by atoms with van der Waals surface area (Å²) in [5.41, 5.74) is 4.96. The quantitative estimate of drug-likeness (QED) is 0.745. The van der Waals surface area contributed by atoms with Crippen LogP contribution in [-0.4, -0.2) is 24.6 Å². The summed E-state index contributed by atoms with van der Waals surface area (Å²) in [5, 5.41) is 0. The molecule has 0 fully saturated rings. The van der Waals surface area contributed by atoms with E-state index >= 15 is 0 Å². The summed E-state index contributed by atoms with van der Waals surface area (Å²) in [6.07, 6.45) is -0.828. The number of hydrogen-bond donors (Lipinski definition) is 1. The highest BCUT2D eigenvalue weighted by Gasteiger charge is 2.14. The van der Waals surface area contributed by atoms with E-state index in [9.17, 15) is 9.59 Å². The van der Waals surface area contributed by atoms with Gasteiger partial charge < -0.3 is 15.2 Å². The number of carbonyl (C=O) groups excluding carboxylic acids is 2. The molecule has 1 aromatic carbocycles. The lowest BCUT2D eigenvalue weighted by molar-refractivity contribution is -0.154. The highest BCUT2D eigenvalue weighted by Crippen LogP contribution is 2.08. The Morgan fingerprint density at radius 1 is 1.29 bits per heavy atom. The number of rotatable bonds is 6. The van der Waals surface area contributed by atoms with Gasteiger partial charge in [0.1, 0.15) is 5.75 Å². The van der Waals surface area contributed by atoms with Crippen LogP contribution in [0.15, 0.2) is 30.3 Å². The van der Waals surface area contributed by atoms with Crippen molar-refractivity contribution in [3.8, 4) is 5.75 Å². The Kier molecular flexibility index (Phi) is 5.00. The number of primary amides is 1. The van der Waals surface area contributed by atoms with Gasteiger partial charge in [0.25, 0.3) is 5.91 Å². The van der Waals surface area contributed by atoms with Crippen LogP contribution in [0.5, 0.6) is 5.75 Å². The third-order valence-electron chi connectivity index (χ3n) is 2.03. The third-order valence-corrected chi connectivity index (χ3v) is 2.03. The lowest BCUT2D eigenvalue weighted by Gasteiger charge is -2.10. The SMILES string of the molecule is C[C@H](OC(=O)CCOc1ccccc1)C(N)=O. The van der Waals surface area contributed by atoms with E-state index in [0.29, 0.717) is 5.75 Å². The van der Waals surface area contributed by atoms with Crippen LogP contribution < -0.4 is 10.5 Å². The first kappa shape index (κ1) is 13.0. The van der Waals surface area contributed by atoms with Crippen molar-refractivity contribution >= 4 is 11.9 Å². The van der Waals surface area contributed by atoms with Crippen LogP contribution >= 0.6 is 0 Å². The van der Waals surface area contributed by atoms with Crippen molar-refractivity contribution in [1.29, 1.82) is 0 Å². The molecule has 0 spiro atoms. The highest BCUT2D eigenvalue weighted by molar-refractivity contribution is 5.81. The number of hydrogen-bond acceptors (Lipinski definition) is 4. The van der Waals surface area contributed by atoms with Gasteiger partial charge in [0.15, 0.2) is 6.10 Å². The zero-order chi connectivity index (χ0) is 12.7. The summed E-state index contributed by atoms with van der Waals surface area (Å²) in [4.78, 5) is 21.9. The minimum absolute atomic E-state index is 0.0759. The van der Waals surface area contributed by atoms with Crippen molar-refractivity contribution in [2.45, 2.75) is 19.4 Å². The van der Waals surface area contributed by atoms with Crippen LogP contribution in [0.4, 0.5) is 0 Å². The number of amides is 1. The Morgan fingerprint density at radius 2 is 1.94 bits per heavy atom. The number of nitrogens with two attached hydrogens (primary N) is 1. The fourth-order valence-electron chi connectivity index (χ4n) is 1.08. The molecule has 1 aromatic rings. The minimum atomic E-state index is -0.903. The number of para-hydroxylation sites is 1. The Hall–Kier alpha value is -2.04. The Morgan fingerprint density at radius 3 is 2.53 bits per heavy atom. The summed E-state index contributed by atoms with van der Waals surface area (Å²) in [5.74, 6) is -0.488. The predicted octanol–water partition coefficient (Wildman–Crippen LogP) is 0.872. The molecule has 0 aromatic heterocycles. The van der Waals surface area contributed by atoms with E-state index in [1.807, 2.05) is 18.2 Å². The van der Waals surface area contributed by atoms with E-state index in [1.54, 1.807) is 12.1 Å². The molecule has 92 valence electrons. The maximum absolute atomic E-state index is 11.2. The molecule has 0 saturated heterocycles. The van der Waals surface area contributed by atoms with Crippen LogP contribution in [0.25, 0.3) is 0 Å². The van der Waals surface area contributed by atoms with E-state index in [-0.39, 0.29) is 13.0 Å². The van der Waals surface area contributed by atoms with E-state index in [0.717, 1.165) is 0 Å². The molecule has 2 N–H and O–H groups in total. The fourth-order valence-corrected chi connectivity index (χ4v) is 1.08. The van der Waals surface area contributed by atoms with Gasteiger partial charge >= 0.3 is 5.97 Å². The third kappa shape index (κ3) is 5.01. The average Bonchev–Trinajstić information content (AvgIpc) is 2.30. The monoisotopic (exact) mass is 237 g/mol. The molecule has 1 rings (SSSR count). The van der Waals surface area contributed by atoms with Crippen molar-refractivity contribution in [3.63, 3.8) is 0 Å². The predicted molar refractivity (Wildman–Crippen MR) is 61.3 cm³/mol. The largest absolute Gasteiger partial charge is 0.493 e. The molecule has 0 aliphatic rings. The zero-order valence-electron chi connectivity index (χ0n) is 9.59. The van der Waals surface area contributed by atoms with Gasteiger partial charge in [0.05, 0.1) is 13.0 Å². The maximum Gasteiger partial charge on any atom is 0.310 e. The van der Waals surface area contributed by atoms with Gasteiger partial charge in [-0.3, -0.25) is 9.59 Å². The second kappa shape index (κ2) is 6.52. The molecule has 1 atom stereocenters. The van der Waals surface area contributed by atoms with Gasteiger partial charge in [-0.15, -0.1) is 0 Å². The smallest absolute Gasteiger partial charge is 0.310 e. The number of benzene rings is 1. The Bertz CT molecular complexity index is 377. The fraction of sp³-hybridized carbons (Fsp3) is 0.333. The highest BCUT2D eigenvalue weighted by atomic mass is 16.5. The average molecular weight is 237 g/mol. The minimum Gasteiger partial charge on any atom is -0.493 e. The maximum atomic E-state index is 11.2. The number of esters is 1. The van der Waals surface area contributed by atoms with Crippen LogP contribution in [0.3, 0.4) is 0 Å². The summed E-state index contributed by atoms with van der Waals surface area (Å²) in [7, 11) is 0. The molecule has 5 heteroatoms. The summed E-state index contributed by atoms with van der Waals surface area (Å²) in [6.45, 7) is 1.63. The van der Waals surface area contributed by atoms with E-state index in [1.165, 1.54) is 6.92 Å². The molecular formula is C12H15NO4. The van der Waals surface area contributed by atoms with Gasteiger partial charge in [0, 0.05) is 0 Å². The van der Waals surface area contributed by atoms with E-state index in [4.69, 9.17) is 15.2 Å². The molecule has 17 heavy (non-hydrogen) atoms. The first-order valence-electron chi connectivity index (χ1n) is 5.26. The topological polar surface area (TPSA) is 78.6 Å². The number of ether oxygens (including phenoxy) is 2. The van der Waals surface area contributed by atoms with Crippen molar-refractivity contribution in [2.75, 3.05) is 6.61 Å². The van der Waals surface area contributed by atoms with Gasteiger partial charge in [0.2, 0.25) is 0 Å². The normalized spacial score (nSPS) is 11.6. The first-order valence-corrected chi connectivity index (χ1v) is 5.26. The van der Waals surface area contributed by atoms with Gasteiger partial charge in [-0.1, -0.05) is 18.2 Å². The molecule has 0 aliphatic carbocycles. The molecule has 0 radical (unpaired) electrons. The van der Waals surface area contributed by atoms with Crippen molar-refractivity contribution in [2.24, 2.45) is 5.73 Å². The Balaban J connectivity index is 2.23. The first-order chi connectivity index (χ1) is 8.09. The van der Waals surface area contributed by atoms with Crippen LogP contribution in [0, 0.1) is 0 Å². The molecule has 0 aliphatic heterocycles. The lowest BCUT2D eigenvalue weighted by Crippen LogP contribution is -2.30. The van der Waals surface area contributed by atoms with Gasteiger partial charge in [-0.2, -0.15) is 0 Å². The van der Waals surface area contributed by atoms with Crippen molar-refractivity contribution in [1.82, 2.24) is 0 Å². The molecule has 5 nitrogen and oxygen atoms in total. The number of carbonyl (C=O) groups is 2.